The van der Waals surface area contributed by atoms with Crippen LogP contribution in [-0.2, 0) is 22.8 Å². The average molecular weight is 543 g/mol. The van der Waals surface area contributed by atoms with Crippen LogP contribution in [0, 0.1) is 0 Å². The van der Waals surface area contributed by atoms with E-state index in [4.69, 9.17) is 0 Å². The third-order valence-electron chi connectivity index (χ3n) is 6.88. The molecule has 0 bridgehead atoms. The summed E-state index contributed by atoms with van der Waals surface area (Å²) in [4.78, 5) is 11.1. The van der Waals surface area contributed by atoms with Crippen LogP contribution in [0.2, 0.25) is 0 Å². The Labute approximate surface area is 229 Å². The minimum absolute atomic E-state index is 0.201. The van der Waals surface area contributed by atoms with Crippen LogP contribution in [0.1, 0.15) is 24.0 Å². The number of anilines is 2. The second-order valence-corrected chi connectivity index (χ2v) is 12.4. The van der Waals surface area contributed by atoms with Gasteiger partial charge in [0.05, 0.1) is 29.5 Å². The second-order valence-electron chi connectivity index (χ2n) is 10.2. The summed E-state index contributed by atoms with van der Waals surface area (Å²) >= 11 is 0. The molecule has 0 spiro atoms. The van der Waals surface area contributed by atoms with Crippen LogP contribution in [0.3, 0.4) is 0 Å². The van der Waals surface area contributed by atoms with Gasteiger partial charge in [-0.2, -0.15) is 5.10 Å². The molecule has 39 heavy (non-hydrogen) atoms. The van der Waals surface area contributed by atoms with Crippen LogP contribution in [0.25, 0.3) is 21.8 Å². The number of hydrogen-bond acceptors (Lipinski definition) is 7. The zero-order chi connectivity index (χ0) is 27.2. The van der Waals surface area contributed by atoms with Crippen molar-refractivity contribution in [2.75, 3.05) is 37.5 Å². The minimum Gasteiger partial charge on any atom is -0.340 e. The van der Waals surface area contributed by atoms with Gasteiger partial charge in [0.1, 0.15) is 22.0 Å². The molecular formula is C30H34N6O2S. The fourth-order valence-electron chi connectivity index (χ4n) is 4.69. The summed E-state index contributed by atoms with van der Waals surface area (Å²) in [6, 6.07) is 22.9. The Morgan fingerprint density at radius 2 is 1.77 bits per heavy atom. The molecule has 8 nitrogen and oxygen atoms in total. The molecule has 2 heterocycles. The van der Waals surface area contributed by atoms with Gasteiger partial charge < -0.3 is 10.2 Å². The molecule has 3 aromatic carbocycles. The van der Waals surface area contributed by atoms with E-state index in [0.717, 1.165) is 65.7 Å². The first-order valence-corrected chi connectivity index (χ1v) is 15.3. The number of hydrogen-bond donors (Lipinski definition) is 1. The Kier molecular flexibility index (Phi) is 8.18. The highest BCUT2D eigenvalue weighted by atomic mass is 32.2. The van der Waals surface area contributed by atoms with Gasteiger partial charge in [-0.25, -0.2) is 18.4 Å². The van der Waals surface area contributed by atoms with Crippen LogP contribution >= 0.6 is 0 Å². The van der Waals surface area contributed by atoms with Gasteiger partial charge in [0, 0.05) is 29.3 Å². The van der Waals surface area contributed by atoms with Gasteiger partial charge in [-0.3, -0.25) is 4.68 Å². The summed E-state index contributed by atoms with van der Waals surface area (Å²) in [5, 5.41) is 10.1. The summed E-state index contributed by atoms with van der Waals surface area (Å²) in [5.74, 6) is 0.978. The Balaban J connectivity index is 1.24. The zero-order valence-electron chi connectivity index (χ0n) is 22.4. The van der Waals surface area contributed by atoms with Crippen molar-refractivity contribution in [3.8, 4) is 0 Å². The molecule has 0 radical (unpaired) electrons. The van der Waals surface area contributed by atoms with Gasteiger partial charge in [-0.1, -0.05) is 36.4 Å². The molecule has 9 heteroatoms. The maximum Gasteiger partial charge on any atom is 0.148 e. The number of aryl methyl sites for hydroxylation is 1. The van der Waals surface area contributed by atoms with Gasteiger partial charge in [-0.15, -0.1) is 0 Å². The Morgan fingerprint density at radius 3 is 2.59 bits per heavy atom. The van der Waals surface area contributed by atoms with Crippen molar-refractivity contribution in [2.45, 2.75) is 25.8 Å². The van der Waals surface area contributed by atoms with Crippen LogP contribution < -0.4 is 5.32 Å². The topological polar surface area (TPSA) is 93.0 Å². The maximum atomic E-state index is 11.4. The van der Waals surface area contributed by atoms with E-state index in [1.807, 2.05) is 42.2 Å². The molecule has 0 saturated heterocycles. The Bertz CT molecular complexity index is 1670. The molecule has 0 aliphatic heterocycles. The van der Waals surface area contributed by atoms with Gasteiger partial charge in [0.25, 0.3) is 0 Å². The smallest absolute Gasteiger partial charge is 0.148 e. The van der Waals surface area contributed by atoms with E-state index in [0.29, 0.717) is 6.54 Å². The molecular weight excluding hydrogens is 508 g/mol. The SMILES string of the molecule is CN(CCCCc1ccc2ncnc(Nc3ccc4c(cnn4Cc4ccccc4)c3)c2c1)CCS(C)(=O)=O. The number of benzene rings is 3. The lowest BCUT2D eigenvalue weighted by molar-refractivity contribution is 0.344. The van der Waals surface area contributed by atoms with Crippen molar-refractivity contribution < 1.29 is 8.42 Å². The molecule has 0 unspecified atom stereocenters. The number of nitrogens with one attached hydrogen (secondary N) is 1. The largest absolute Gasteiger partial charge is 0.340 e. The van der Waals surface area contributed by atoms with Crippen molar-refractivity contribution in [3.05, 3.63) is 90.4 Å². The molecule has 0 aliphatic rings. The van der Waals surface area contributed by atoms with Crippen molar-refractivity contribution in [3.63, 3.8) is 0 Å². The monoisotopic (exact) mass is 542 g/mol. The number of nitrogens with zero attached hydrogens (tertiary/aromatic N) is 5. The fourth-order valence-corrected chi connectivity index (χ4v) is 5.33. The van der Waals surface area contributed by atoms with Crippen LogP contribution in [0.5, 0.6) is 0 Å². The van der Waals surface area contributed by atoms with E-state index in [1.54, 1.807) is 6.33 Å². The second kappa shape index (κ2) is 11.9. The van der Waals surface area contributed by atoms with E-state index >= 15 is 0 Å². The van der Waals surface area contributed by atoms with E-state index in [2.05, 4.69) is 67.7 Å². The zero-order valence-corrected chi connectivity index (χ0v) is 23.2. The number of unbranched alkanes of at least 4 members (excludes halogenated alkanes) is 1. The number of aromatic nitrogens is 4. The van der Waals surface area contributed by atoms with Crippen LogP contribution in [0.4, 0.5) is 11.5 Å². The molecule has 5 aromatic rings. The molecule has 0 aliphatic carbocycles. The van der Waals surface area contributed by atoms with E-state index in [-0.39, 0.29) is 5.75 Å². The molecule has 202 valence electrons. The third kappa shape index (κ3) is 7.19. The van der Waals surface area contributed by atoms with Crippen LogP contribution in [0.15, 0.2) is 79.3 Å². The quantitative estimate of drug-likeness (QED) is 0.220. The van der Waals surface area contributed by atoms with E-state index in [9.17, 15) is 8.42 Å². The summed E-state index contributed by atoms with van der Waals surface area (Å²) in [7, 11) is -0.951. The fraction of sp³-hybridized carbons (Fsp3) is 0.300. The first kappa shape index (κ1) is 26.8. The highest BCUT2D eigenvalue weighted by Gasteiger charge is 2.09. The molecule has 0 fully saturated rings. The highest BCUT2D eigenvalue weighted by Crippen LogP contribution is 2.27. The number of rotatable bonds is 12. The average Bonchev–Trinajstić information content (AvgIpc) is 3.32. The highest BCUT2D eigenvalue weighted by molar-refractivity contribution is 7.90. The van der Waals surface area contributed by atoms with Crippen molar-refractivity contribution >= 4 is 43.1 Å². The van der Waals surface area contributed by atoms with Gasteiger partial charge in [0.15, 0.2) is 0 Å². The van der Waals surface area contributed by atoms with Gasteiger partial charge in [0.2, 0.25) is 0 Å². The summed E-state index contributed by atoms with van der Waals surface area (Å²) < 4.78 is 24.8. The van der Waals surface area contributed by atoms with Gasteiger partial charge in [-0.05, 0) is 74.3 Å². The van der Waals surface area contributed by atoms with Crippen molar-refractivity contribution in [2.24, 2.45) is 0 Å². The van der Waals surface area contributed by atoms with E-state index in [1.165, 1.54) is 17.4 Å². The Hall–Kier alpha value is -3.82. The summed E-state index contributed by atoms with van der Waals surface area (Å²) in [6.07, 6.45) is 7.75. The van der Waals surface area contributed by atoms with Crippen molar-refractivity contribution in [1.82, 2.24) is 24.6 Å². The van der Waals surface area contributed by atoms with Crippen molar-refractivity contribution in [1.29, 1.82) is 0 Å². The normalized spacial score (nSPS) is 12.0. The van der Waals surface area contributed by atoms with E-state index < -0.39 is 9.84 Å². The number of fused-ring (bicyclic) bond motifs is 2. The number of sulfone groups is 1. The first-order chi connectivity index (χ1) is 18.8. The summed E-state index contributed by atoms with van der Waals surface area (Å²) in [6.45, 7) is 2.18. The Morgan fingerprint density at radius 1 is 0.923 bits per heavy atom. The molecule has 5 rings (SSSR count). The standard InChI is InChI=1S/C30H34N6O2S/c1-35(16-17-39(2,37)38)15-7-6-8-23-11-13-28-27(18-23)30(32-22-31-28)34-26-12-14-29-25(19-26)20-33-36(29)21-24-9-4-3-5-10-24/h3-5,9-14,18-20,22H,6-8,15-17,21H2,1-2H3,(H,31,32,34). The van der Waals surface area contributed by atoms with Gasteiger partial charge >= 0.3 is 0 Å². The molecule has 0 atom stereocenters. The third-order valence-corrected chi connectivity index (χ3v) is 7.80. The molecule has 0 amide bonds. The maximum absolute atomic E-state index is 11.4. The van der Waals surface area contributed by atoms with Crippen LogP contribution in [-0.4, -0.2) is 65.2 Å². The lowest BCUT2D eigenvalue weighted by Gasteiger charge is -2.15. The first-order valence-electron chi connectivity index (χ1n) is 13.2. The lowest BCUT2D eigenvalue weighted by Crippen LogP contribution is -2.26. The summed E-state index contributed by atoms with van der Waals surface area (Å²) in [5.41, 5.74) is 5.38. The predicted molar refractivity (Wildman–Crippen MR) is 158 cm³/mol. The molecule has 2 aromatic heterocycles. The minimum atomic E-state index is -2.93. The molecule has 0 saturated carbocycles. The predicted octanol–water partition coefficient (Wildman–Crippen LogP) is 5.07. The lowest BCUT2D eigenvalue weighted by atomic mass is 10.1. The molecule has 1 N–H and O–H groups in total.